The number of unbranched alkanes of at least 4 members (excludes halogenated alkanes) is 2. The van der Waals surface area contributed by atoms with E-state index in [2.05, 4.69) is 25.1 Å². The zero-order valence-electron chi connectivity index (χ0n) is 27.2. The van der Waals surface area contributed by atoms with Crippen molar-refractivity contribution in [3.8, 4) is 5.75 Å². The second kappa shape index (κ2) is 13.7. The SMILES string of the molecule is CC(=O)O[C@H]1CC[C@H]2[C@@H]3[C@H](CCCCCOS(=O)(=O)c4ccc(C)cc4)Cc4cc(OC5CCCCO5)ccc4[C@H]3CC[C@]12C. The third-order valence-corrected chi connectivity index (χ3v) is 12.6. The number of esters is 1. The maximum absolute atomic E-state index is 12.6. The fraction of sp³-hybridized carbons (Fsp3) is 0.649. The van der Waals surface area contributed by atoms with Gasteiger partial charge in [-0.05, 0) is 124 Å². The first-order valence-corrected chi connectivity index (χ1v) is 18.6. The third-order valence-electron chi connectivity index (χ3n) is 11.3. The summed E-state index contributed by atoms with van der Waals surface area (Å²) >= 11 is 0. The minimum Gasteiger partial charge on any atom is -0.465 e. The van der Waals surface area contributed by atoms with Crippen LogP contribution in [-0.4, -0.2) is 40.0 Å². The molecular weight excluding hydrogens is 588 g/mol. The van der Waals surface area contributed by atoms with Gasteiger partial charge in [0.15, 0.2) is 6.29 Å². The Morgan fingerprint density at radius 2 is 1.82 bits per heavy atom. The molecule has 1 aliphatic heterocycles. The quantitative estimate of drug-likeness (QED) is 0.141. The van der Waals surface area contributed by atoms with E-state index in [0.29, 0.717) is 30.1 Å². The van der Waals surface area contributed by atoms with E-state index in [4.69, 9.17) is 18.4 Å². The molecule has 6 rings (SSSR count). The van der Waals surface area contributed by atoms with Crippen LogP contribution < -0.4 is 4.74 Å². The van der Waals surface area contributed by atoms with E-state index in [1.54, 1.807) is 24.3 Å². The van der Waals surface area contributed by atoms with Crippen molar-refractivity contribution in [2.75, 3.05) is 13.2 Å². The molecular formula is C37H50O7S. The van der Waals surface area contributed by atoms with Crippen molar-refractivity contribution in [3.05, 3.63) is 59.2 Å². The fourth-order valence-electron chi connectivity index (χ4n) is 9.05. The molecule has 3 fully saturated rings. The molecule has 1 saturated heterocycles. The number of hydrogen-bond donors (Lipinski definition) is 0. The average Bonchev–Trinajstić information content (AvgIpc) is 3.34. The van der Waals surface area contributed by atoms with Crippen LogP contribution in [0.3, 0.4) is 0 Å². The molecule has 3 aliphatic carbocycles. The van der Waals surface area contributed by atoms with Gasteiger partial charge in [-0.1, -0.05) is 43.5 Å². The molecule has 0 amide bonds. The van der Waals surface area contributed by atoms with Crippen molar-refractivity contribution >= 4 is 16.1 Å². The number of fused-ring (bicyclic) bond motifs is 5. The lowest BCUT2D eigenvalue weighted by atomic mass is 9.52. The van der Waals surface area contributed by atoms with Crippen LogP contribution in [0.25, 0.3) is 0 Å². The number of ether oxygens (including phenoxy) is 3. The molecule has 45 heavy (non-hydrogen) atoms. The highest BCUT2D eigenvalue weighted by molar-refractivity contribution is 7.86. The maximum Gasteiger partial charge on any atom is 0.302 e. The van der Waals surface area contributed by atoms with Crippen molar-refractivity contribution < 1.29 is 31.6 Å². The predicted molar refractivity (Wildman–Crippen MR) is 172 cm³/mol. The highest BCUT2D eigenvalue weighted by Gasteiger charge is 2.58. The van der Waals surface area contributed by atoms with Gasteiger partial charge in [0.25, 0.3) is 10.1 Å². The molecule has 4 aliphatic rings. The first-order valence-electron chi connectivity index (χ1n) is 17.2. The first kappa shape index (κ1) is 32.5. The average molecular weight is 639 g/mol. The zero-order valence-corrected chi connectivity index (χ0v) is 28.0. The van der Waals surface area contributed by atoms with Gasteiger partial charge in [-0.2, -0.15) is 8.42 Å². The van der Waals surface area contributed by atoms with E-state index < -0.39 is 10.1 Å². The summed E-state index contributed by atoms with van der Waals surface area (Å²) in [6.45, 7) is 6.80. The lowest BCUT2D eigenvalue weighted by Gasteiger charge is -2.53. The summed E-state index contributed by atoms with van der Waals surface area (Å²) in [5.74, 6) is 2.81. The van der Waals surface area contributed by atoms with E-state index in [-0.39, 0.29) is 35.3 Å². The summed E-state index contributed by atoms with van der Waals surface area (Å²) in [7, 11) is -3.74. The number of aryl methyl sites for hydroxylation is 1. The van der Waals surface area contributed by atoms with Gasteiger partial charge in [0.05, 0.1) is 18.1 Å². The van der Waals surface area contributed by atoms with E-state index in [1.165, 1.54) is 18.1 Å². The second-order valence-corrected chi connectivity index (χ2v) is 15.8. The minimum absolute atomic E-state index is 0.00175. The molecule has 0 radical (unpaired) electrons. The van der Waals surface area contributed by atoms with Crippen LogP contribution >= 0.6 is 0 Å². The molecule has 1 heterocycles. The van der Waals surface area contributed by atoms with Crippen LogP contribution in [0.2, 0.25) is 0 Å². The largest absolute Gasteiger partial charge is 0.465 e. The lowest BCUT2D eigenvalue weighted by molar-refractivity contribution is -0.155. The summed E-state index contributed by atoms with van der Waals surface area (Å²) in [4.78, 5) is 12.2. The Balaban J connectivity index is 1.13. The Hall–Kier alpha value is -2.42. The van der Waals surface area contributed by atoms with Crippen LogP contribution in [0, 0.1) is 30.1 Å². The van der Waals surface area contributed by atoms with Gasteiger partial charge in [0.2, 0.25) is 0 Å². The summed E-state index contributed by atoms with van der Waals surface area (Å²) in [6, 6.07) is 13.5. The number of carbonyl (C=O) groups excluding carboxylic acids is 1. The smallest absolute Gasteiger partial charge is 0.302 e. The number of benzene rings is 2. The predicted octanol–water partition coefficient (Wildman–Crippen LogP) is 7.88. The van der Waals surface area contributed by atoms with Gasteiger partial charge in [-0.3, -0.25) is 8.98 Å². The Kier molecular flexibility index (Phi) is 9.93. The molecule has 7 atom stereocenters. The molecule has 2 aromatic carbocycles. The zero-order chi connectivity index (χ0) is 31.6. The van der Waals surface area contributed by atoms with Gasteiger partial charge in [-0.15, -0.1) is 0 Å². The van der Waals surface area contributed by atoms with Crippen molar-refractivity contribution in [2.45, 2.75) is 121 Å². The Morgan fingerprint density at radius 3 is 2.58 bits per heavy atom. The van der Waals surface area contributed by atoms with Crippen LogP contribution in [-0.2, 0) is 35.0 Å². The summed E-state index contributed by atoms with van der Waals surface area (Å²) in [5, 5.41) is 0. The van der Waals surface area contributed by atoms with Gasteiger partial charge in [0, 0.05) is 18.8 Å². The molecule has 0 bridgehead atoms. The highest BCUT2D eigenvalue weighted by atomic mass is 32.2. The fourth-order valence-corrected chi connectivity index (χ4v) is 9.99. The molecule has 246 valence electrons. The number of hydrogen-bond acceptors (Lipinski definition) is 7. The monoisotopic (exact) mass is 638 g/mol. The van der Waals surface area contributed by atoms with Crippen molar-refractivity contribution in [1.82, 2.24) is 0 Å². The molecule has 2 saturated carbocycles. The van der Waals surface area contributed by atoms with E-state index in [0.717, 1.165) is 88.5 Å². The van der Waals surface area contributed by atoms with Crippen LogP contribution in [0.5, 0.6) is 5.75 Å². The minimum atomic E-state index is -3.74. The Bertz CT molecular complexity index is 1430. The summed E-state index contributed by atoms with van der Waals surface area (Å²) < 4.78 is 48.7. The van der Waals surface area contributed by atoms with Crippen LogP contribution in [0.4, 0.5) is 0 Å². The Labute approximate surface area is 269 Å². The van der Waals surface area contributed by atoms with Crippen molar-refractivity contribution in [1.29, 1.82) is 0 Å². The van der Waals surface area contributed by atoms with E-state index in [1.807, 2.05) is 6.92 Å². The van der Waals surface area contributed by atoms with Gasteiger partial charge >= 0.3 is 5.97 Å². The molecule has 8 heteroatoms. The van der Waals surface area contributed by atoms with E-state index >= 15 is 0 Å². The van der Waals surface area contributed by atoms with Gasteiger partial charge in [0.1, 0.15) is 11.9 Å². The Morgan fingerprint density at radius 1 is 1.00 bits per heavy atom. The normalized spacial score (nSPS) is 31.0. The molecule has 2 aromatic rings. The molecule has 0 aromatic heterocycles. The van der Waals surface area contributed by atoms with Gasteiger partial charge in [-0.25, -0.2) is 0 Å². The first-order chi connectivity index (χ1) is 21.6. The van der Waals surface area contributed by atoms with Crippen molar-refractivity contribution in [3.63, 3.8) is 0 Å². The van der Waals surface area contributed by atoms with Gasteiger partial charge < -0.3 is 14.2 Å². The van der Waals surface area contributed by atoms with E-state index in [9.17, 15) is 13.2 Å². The molecule has 0 N–H and O–H groups in total. The van der Waals surface area contributed by atoms with Crippen LogP contribution in [0.15, 0.2) is 47.4 Å². The topological polar surface area (TPSA) is 88.1 Å². The summed E-state index contributed by atoms with van der Waals surface area (Å²) in [6.07, 6.45) is 12.0. The lowest BCUT2D eigenvalue weighted by Crippen LogP contribution is -2.48. The van der Waals surface area contributed by atoms with Crippen molar-refractivity contribution in [2.24, 2.45) is 23.2 Å². The third kappa shape index (κ3) is 7.13. The standard InChI is InChI=1S/C37H50O7S/c1-25-11-14-30(15-12-25)45(39,40)42-22-7-4-5-9-27-23-28-24-29(44-35-10-6-8-21-41-35)13-16-31(28)32-19-20-37(3)33(36(27)32)17-18-34(37)43-26(2)38/h11-16,24,27,32-36H,4-10,17-23H2,1-3H3/t27-,32-,33+,34+,35?,36-,37+/m1/s1. The molecule has 0 spiro atoms. The summed E-state index contributed by atoms with van der Waals surface area (Å²) in [5.41, 5.74) is 3.91. The maximum atomic E-state index is 12.6. The van der Waals surface area contributed by atoms with Crippen LogP contribution in [0.1, 0.15) is 107 Å². The highest BCUT2D eigenvalue weighted by Crippen LogP contribution is 2.63. The molecule has 1 unspecified atom stereocenters. The second-order valence-electron chi connectivity index (χ2n) is 14.2. The number of carbonyl (C=O) groups is 1. The number of rotatable bonds is 11. The molecule has 7 nitrogen and oxygen atoms in total.